The topological polar surface area (TPSA) is 38.8 Å². The smallest absolute Gasteiger partial charge is 0.214 e. The number of carbonyl (C=O) groups is 1. The van der Waals surface area contributed by atoms with Gasteiger partial charge < -0.3 is 14.4 Å². The molecule has 134 valence electrons. The van der Waals surface area contributed by atoms with Crippen LogP contribution >= 0.6 is 0 Å². The minimum atomic E-state index is 0.101. The van der Waals surface area contributed by atoms with Gasteiger partial charge in [0.2, 0.25) is 6.41 Å². The highest BCUT2D eigenvalue weighted by Gasteiger charge is 2.14. The SMILES string of the molecule is COc1ccc(CCN(C=O)c2ccc(C(C)(C)C)cc2)cc1OC. The Kier molecular flexibility index (Phi) is 6.07. The molecule has 1 amide bonds. The fourth-order valence-corrected chi connectivity index (χ4v) is 2.68. The van der Waals surface area contributed by atoms with Crippen molar-refractivity contribution in [1.29, 1.82) is 0 Å². The monoisotopic (exact) mass is 341 g/mol. The van der Waals surface area contributed by atoms with Gasteiger partial charge in [-0.3, -0.25) is 4.79 Å². The first-order valence-corrected chi connectivity index (χ1v) is 8.42. The molecule has 0 unspecified atom stereocenters. The Morgan fingerprint density at radius 3 is 2.12 bits per heavy atom. The summed E-state index contributed by atoms with van der Waals surface area (Å²) in [6.45, 7) is 7.14. The van der Waals surface area contributed by atoms with Crippen LogP contribution in [0.3, 0.4) is 0 Å². The molecule has 0 heterocycles. The number of benzene rings is 2. The van der Waals surface area contributed by atoms with Crippen LogP contribution in [0.1, 0.15) is 31.9 Å². The van der Waals surface area contributed by atoms with Crippen molar-refractivity contribution in [3.8, 4) is 11.5 Å². The number of rotatable bonds is 7. The van der Waals surface area contributed by atoms with E-state index in [-0.39, 0.29) is 5.41 Å². The maximum absolute atomic E-state index is 11.5. The molecule has 2 rings (SSSR count). The standard InChI is InChI=1S/C21H27NO3/c1-21(2,3)17-7-9-18(10-8-17)22(15-23)13-12-16-6-11-19(24-4)20(14-16)25-5/h6-11,14-15H,12-13H2,1-5H3. The van der Waals surface area contributed by atoms with Crippen molar-refractivity contribution in [3.63, 3.8) is 0 Å². The second-order valence-electron chi connectivity index (χ2n) is 7.04. The van der Waals surface area contributed by atoms with Gasteiger partial charge in [-0.25, -0.2) is 0 Å². The van der Waals surface area contributed by atoms with Crippen LogP contribution in [0, 0.1) is 0 Å². The van der Waals surface area contributed by atoms with E-state index in [0.717, 1.165) is 24.1 Å². The van der Waals surface area contributed by atoms with Crippen LogP contribution in [0.2, 0.25) is 0 Å². The first-order valence-electron chi connectivity index (χ1n) is 8.42. The van der Waals surface area contributed by atoms with Crippen molar-refractivity contribution in [1.82, 2.24) is 0 Å². The first kappa shape index (κ1) is 18.8. The molecule has 0 spiro atoms. The fraction of sp³-hybridized carbons (Fsp3) is 0.381. The lowest BCUT2D eigenvalue weighted by atomic mass is 9.87. The molecule has 25 heavy (non-hydrogen) atoms. The number of nitrogens with zero attached hydrogens (tertiary/aromatic N) is 1. The molecular formula is C21H27NO3. The summed E-state index contributed by atoms with van der Waals surface area (Å²) in [7, 11) is 3.24. The number of carbonyl (C=O) groups excluding carboxylic acids is 1. The van der Waals surface area contributed by atoms with Gasteiger partial charge in [0.05, 0.1) is 14.2 Å². The average Bonchev–Trinajstić information content (AvgIpc) is 2.61. The van der Waals surface area contributed by atoms with Crippen LogP contribution in [0.15, 0.2) is 42.5 Å². The number of ether oxygens (including phenoxy) is 2. The van der Waals surface area contributed by atoms with Crippen LogP contribution in [0.5, 0.6) is 11.5 Å². The van der Waals surface area contributed by atoms with Crippen molar-refractivity contribution in [2.45, 2.75) is 32.6 Å². The van der Waals surface area contributed by atoms with E-state index < -0.39 is 0 Å². The number of hydrogen-bond donors (Lipinski definition) is 0. The minimum absolute atomic E-state index is 0.101. The van der Waals surface area contributed by atoms with Gasteiger partial charge in [0.25, 0.3) is 0 Å². The summed E-state index contributed by atoms with van der Waals surface area (Å²) >= 11 is 0. The number of hydrogen-bond acceptors (Lipinski definition) is 3. The summed E-state index contributed by atoms with van der Waals surface area (Å²) in [5.41, 5.74) is 3.35. The molecule has 0 saturated carbocycles. The predicted octanol–water partition coefficient (Wildman–Crippen LogP) is 4.21. The summed E-state index contributed by atoms with van der Waals surface area (Å²) in [5.74, 6) is 1.41. The van der Waals surface area contributed by atoms with Gasteiger partial charge in [-0.2, -0.15) is 0 Å². The summed E-state index contributed by atoms with van der Waals surface area (Å²) in [5, 5.41) is 0. The highest BCUT2D eigenvalue weighted by atomic mass is 16.5. The molecule has 0 radical (unpaired) electrons. The quantitative estimate of drug-likeness (QED) is 0.708. The van der Waals surface area contributed by atoms with Gasteiger partial charge in [-0.15, -0.1) is 0 Å². The first-order chi connectivity index (χ1) is 11.9. The Hall–Kier alpha value is -2.49. The van der Waals surface area contributed by atoms with Crippen LogP contribution in [0.25, 0.3) is 0 Å². The van der Waals surface area contributed by atoms with Crippen molar-refractivity contribution in [2.75, 3.05) is 25.7 Å². The van der Waals surface area contributed by atoms with Gasteiger partial charge in [0.15, 0.2) is 11.5 Å². The zero-order valence-electron chi connectivity index (χ0n) is 15.7. The molecule has 0 N–H and O–H groups in total. The van der Waals surface area contributed by atoms with Gasteiger partial charge >= 0.3 is 0 Å². The van der Waals surface area contributed by atoms with E-state index in [1.807, 2.05) is 30.3 Å². The molecule has 0 fully saturated rings. The van der Waals surface area contributed by atoms with Crippen molar-refractivity contribution in [3.05, 3.63) is 53.6 Å². The molecule has 4 heteroatoms. The van der Waals surface area contributed by atoms with Gasteiger partial charge in [0.1, 0.15) is 0 Å². The lowest BCUT2D eigenvalue weighted by Gasteiger charge is -2.22. The Bertz CT molecular complexity index is 702. The molecule has 0 bridgehead atoms. The minimum Gasteiger partial charge on any atom is -0.493 e. The molecule has 0 atom stereocenters. The van der Waals surface area contributed by atoms with E-state index in [0.29, 0.717) is 18.0 Å². The zero-order valence-corrected chi connectivity index (χ0v) is 15.7. The summed E-state index contributed by atoms with van der Waals surface area (Å²) in [4.78, 5) is 13.2. The van der Waals surface area contributed by atoms with E-state index in [1.54, 1.807) is 19.1 Å². The third kappa shape index (κ3) is 4.75. The third-order valence-electron chi connectivity index (χ3n) is 4.28. The number of anilines is 1. The summed E-state index contributed by atoms with van der Waals surface area (Å²) < 4.78 is 10.6. The third-order valence-corrected chi connectivity index (χ3v) is 4.28. The van der Waals surface area contributed by atoms with Gasteiger partial charge in [-0.05, 0) is 47.2 Å². The summed E-state index contributed by atoms with van der Waals surface area (Å²) in [6.07, 6.45) is 1.62. The summed E-state index contributed by atoms with van der Waals surface area (Å²) in [6, 6.07) is 14.0. The van der Waals surface area contributed by atoms with E-state index in [9.17, 15) is 4.79 Å². The van der Waals surface area contributed by atoms with E-state index >= 15 is 0 Å². The Morgan fingerprint density at radius 1 is 0.960 bits per heavy atom. The highest BCUT2D eigenvalue weighted by Crippen LogP contribution is 2.28. The largest absolute Gasteiger partial charge is 0.493 e. The lowest BCUT2D eigenvalue weighted by molar-refractivity contribution is -0.107. The molecule has 0 saturated heterocycles. The van der Waals surface area contributed by atoms with Crippen LogP contribution in [-0.4, -0.2) is 27.2 Å². The predicted molar refractivity (Wildman–Crippen MR) is 102 cm³/mol. The second kappa shape index (κ2) is 8.06. The molecule has 0 aliphatic heterocycles. The Balaban J connectivity index is 2.09. The maximum atomic E-state index is 11.5. The second-order valence-corrected chi connectivity index (χ2v) is 7.04. The van der Waals surface area contributed by atoms with Crippen LogP contribution in [0.4, 0.5) is 5.69 Å². The molecule has 0 aliphatic rings. The maximum Gasteiger partial charge on any atom is 0.214 e. The molecule has 2 aromatic carbocycles. The fourth-order valence-electron chi connectivity index (χ4n) is 2.68. The normalized spacial score (nSPS) is 11.1. The van der Waals surface area contributed by atoms with Gasteiger partial charge in [-0.1, -0.05) is 39.0 Å². The molecule has 4 nitrogen and oxygen atoms in total. The van der Waals surface area contributed by atoms with Crippen LogP contribution < -0.4 is 14.4 Å². The van der Waals surface area contributed by atoms with Crippen molar-refractivity contribution < 1.29 is 14.3 Å². The Morgan fingerprint density at radius 2 is 1.60 bits per heavy atom. The average molecular weight is 341 g/mol. The van der Waals surface area contributed by atoms with E-state index in [1.165, 1.54) is 5.56 Å². The molecular weight excluding hydrogens is 314 g/mol. The molecule has 0 aromatic heterocycles. The van der Waals surface area contributed by atoms with Crippen LogP contribution in [-0.2, 0) is 16.6 Å². The number of methoxy groups -OCH3 is 2. The Labute approximate surface area is 150 Å². The molecule has 2 aromatic rings. The lowest BCUT2D eigenvalue weighted by Crippen LogP contribution is -2.24. The van der Waals surface area contributed by atoms with Crippen molar-refractivity contribution >= 4 is 12.1 Å². The van der Waals surface area contributed by atoms with E-state index in [2.05, 4.69) is 32.9 Å². The zero-order chi connectivity index (χ0) is 18.4. The van der Waals surface area contributed by atoms with Crippen molar-refractivity contribution in [2.24, 2.45) is 0 Å². The highest BCUT2D eigenvalue weighted by molar-refractivity contribution is 5.75. The van der Waals surface area contributed by atoms with Gasteiger partial charge in [0, 0.05) is 12.2 Å². The number of amides is 1. The van der Waals surface area contributed by atoms with E-state index in [4.69, 9.17) is 9.47 Å². The molecule has 0 aliphatic carbocycles.